The monoisotopic (exact) mass is 245 g/mol. The molecule has 2 atom stereocenters. The van der Waals surface area contributed by atoms with Crippen molar-refractivity contribution in [2.75, 3.05) is 13.7 Å². The Hall–Kier alpha value is -1.02. The zero-order valence-corrected chi connectivity index (χ0v) is 11.5. The first-order valence-electron chi connectivity index (χ1n) is 7.17. The van der Waals surface area contributed by atoms with Gasteiger partial charge in [0, 0.05) is 5.54 Å². The molecule has 1 spiro atoms. The summed E-state index contributed by atoms with van der Waals surface area (Å²) in [6.07, 6.45) is 6.50. The van der Waals surface area contributed by atoms with Crippen LogP contribution >= 0.6 is 0 Å². The molecule has 1 heterocycles. The number of aryl methyl sites for hydroxylation is 1. The van der Waals surface area contributed by atoms with Gasteiger partial charge in [0.05, 0.1) is 7.11 Å². The van der Waals surface area contributed by atoms with Crippen molar-refractivity contribution in [3.63, 3.8) is 0 Å². The molecule has 0 saturated carbocycles. The van der Waals surface area contributed by atoms with Crippen molar-refractivity contribution in [3.8, 4) is 5.75 Å². The molecular formula is C16H23NO. The van der Waals surface area contributed by atoms with Crippen molar-refractivity contribution in [1.29, 1.82) is 0 Å². The number of methoxy groups -OCH3 is 1. The van der Waals surface area contributed by atoms with Crippen LogP contribution < -0.4 is 10.1 Å². The molecule has 2 nitrogen and oxygen atoms in total. The number of nitrogens with one attached hydrogen (secondary N) is 1. The van der Waals surface area contributed by atoms with E-state index in [-0.39, 0.29) is 0 Å². The predicted molar refractivity (Wildman–Crippen MR) is 74.3 cm³/mol. The Morgan fingerprint density at radius 1 is 1.28 bits per heavy atom. The number of hydrogen-bond donors (Lipinski definition) is 1. The summed E-state index contributed by atoms with van der Waals surface area (Å²) >= 11 is 0. The topological polar surface area (TPSA) is 21.3 Å². The smallest absolute Gasteiger partial charge is 0.119 e. The van der Waals surface area contributed by atoms with E-state index in [1.165, 1.54) is 49.8 Å². The lowest BCUT2D eigenvalue weighted by atomic mass is 9.67. The van der Waals surface area contributed by atoms with Crippen LogP contribution in [0.3, 0.4) is 0 Å². The van der Waals surface area contributed by atoms with Crippen molar-refractivity contribution in [2.24, 2.45) is 0 Å². The molecule has 1 aromatic carbocycles. The number of piperidine rings is 1. The molecule has 18 heavy (non-hydrogen) atoms. The molecule has 1 aromatic rings. The second-order valence-corrected chi connectivity index (χ2v) is 5.83. The van der Waals surface area contributed by atoms with Crippen molar-refractivity contribution >= 4 is 0 Å². The van der Waals surface area contributed by atoms with Crippen LogP contribution in [0.1, 0.15) is 49.7 Å². The molecular weight excluding hydrogens is 222 g/mol. The molecule has 2 heteroatoms. The van der Waals surface area contributed by atoms with Crippen LogP contribution in [-0.2, 0) is 6.42 Å². The van der Waals surface area contributed by atoms with Crippen molar-refractivity contribution in [3.05, 3.63) is 29.3 Å². The van der Waals surface area contributed by atoms with Gasteiger partial charge in [-0.2, -0.15) is 0 Å². The van der Waals surface area contributed by atoms with Crippen molar-refractivity contribution in [1.82, 2.24) is 5.32 Å². The fourth-order valence-corrected chi connectivity index (χ4v) is 3.79. The largest absolute Gasteiger partial charge is 0.497 e. The maximum Gasteiger partial charge on any atom is 0.119 e. The van der Waals surface area contributed by atoms with Gasteiger partial charge in [0.2, 0.25) is 0 Å². The van der Waals surface area contributed by atoms with Gasteiger partial charge in [-0.15, -0.1) is 0 Å². The van der Waals surface area contributed by atoms with Crippen molar-refractivity contribution < 1.29 is 4.74 Å². The van der Waals surface area contributed by atoms with E-state index in [9.17, 15) is 0 Å². The molecule has 0 amide bonds. The van der Waals surface area contributed by atoms with Gasteiger partial charge in [0.1, 0.15) is 5.75 Å². The maximum atomic E-state index is 5.34. The average molecular weight is 245 g/mol. The third-order valence-electron chi connectivity index (χ3n) is 5.01. The highest BCUT2D eigenvalue weighted by Crippen LogP contribution is 2.43. The fraction of sp³-hybridized carbons (Fsp3) is 0.625. The van der Waals surface area contributed by atoms with Crippen LogP contribution in [0.5, 0.6) is 5.75 Å². The van der Waals surface area contributed by atoms with E-state index in [0.29, 0.717) is 11.5 Å². The highest BCUT2D eigenvalue weighted by molar-refractivity contribution is 5.41. The summed E-state index contributed by atoms with van der Waals surface area (Å²) in [6.45, 7) is 3.58. The van der Waals surface area contributed by atoms with Crippen LogP contribution in [0.25, 0.3) is 0 Å². The number of rotatable bonds is 1. The Labute approximate surface area is 110 Å². The zero-order chi connectivity index (χ0) is 12.6. The third kappa shape index (κ3) is 1.83. The SMILES string of the molecule is COc1ccc2c(c1)CCC1(CCCCN1)C2C. The standard InChI is InChI=1S/C16H23NO/c1-12-15-6-5-14(18-2)11-13(15)7-9-16(12)8-3-4-10-17-16/h5-6,11-12,17H,3-4,7-10H2,1-2H3. The van der Waals surface area contributed by atoms with E-state index in [0.717, 1.165) is 5.75 Å². The second kappa shape index (κ2) is 4.58. The minimum atomic E-state index is 0.361. The summed E-state index contributed by atoms with van der Waals surface area (Å²) in [5.41, 5.74) is 3.37. The Morgan fingerprint density at radius 3 is 2.89 bits per heavy atom. The fourth-order valence-electron chi connectivity index (χ4n) is 3.79. The lowest BCUT2D eigenvalue weighted by molar-refractivity contribution is 0.190. The van der Waals surface area contributed by atoms with E-state index in [1.54, 1.807) is 7.11 Å². The first-order chi connectivity index (χ1) is 8.75. The zero-order valence-electron chi connectivity index (χ0n) is 11.5. The van der Waals surface area contributed by atoms with Gasteiger partial charge in [-0.05, 0) is 61.4 Å². The molecule has 1 aliphatic carbocycles. The Bertz CT molecular complexity index is 435. The van der Waals surface area contributed by atoms with E-state index < -0.39 is 0 Å². The highest BCUT2D eigenvalue weighted by atomic mass is 16.5. The summed E-state index contributed by atoms with van der Waals surface area (Å²) in [6, 6.07) is 6.61. The van der Waals surface area contributed by atoms with E-state index in [4.69, 9.17) is 4.74 Å². The lowest BCUT2D eigenvalue weighted by Gasteiger charge is -2.47. The molecule has 1 aliphatic heterocycles. The van der Waals surface area contributed by atoms with Crippen LogP contribution in [0.2, 0.25) is 0 Å². The van der Waals surface area contributed by atoms with Gasteiger partial charge >= 0.3 is 0 Å². The molecule has 3 rings (SSSR count). The van der Waals surface area contributed by atoms with E-state index in [1.807, 2.05) is 0 Å². The van der Waals surface area contributed by atoms with Gasteiger partial charge in [-0.1, -0.05) is 19.4 Å². The summed E-state index contributed by atoms with van der Waals surface area (Å²) in [7, 11) is 1.75. The molecule has 1 saturated heterocycles. The summed E-state index contributed by atoms with van der Waals surface area (Å²) in [4.78, 5) is 0. The molecule has 1 fully saturated rings. The molecule has 0 radical (unpaired) electrons. The molecule has 2 aliphatic rings. The average Bonchev–Trinajstić information content (AvgIpc) is 2.44. The minimum Gasteiger partial charge on any atom is -0.497 e. The van der Waals surface area contributed by atoms with Crippen LogP contribution in [0.15, 0.2) is 18.2 Å². The quantitative estimate of drug-likeness (QED) is 0.820. The third-order valence-corrected chi connectivity index (χ3v) is 5.01. The first-order valence-corrected chi connectivity index (χ1v) is 7.17. The van der Waals surface area contributed by atoms with Gasteiger partial charge < -0.3 is 10.1 Å². The maximum absolute atomic E-state index is 5.34. The number of ether oxygens (including phenoxy) is 1. The lowest BCUT2D eigenvalue weighted by Crippen LogP contribution is -2.54. The van der Waals surface area contributed by atoms with Crippen LogP contribution in [-0.4, -0.2) is 19.2 Å². The molecule has 1 N–H and O–H groups in total. The van der Waals surface area contributed by atoms with Gasteiger partial charge in [-0.25, -0.2) is 0 Å². The van der Waals surface area contributed by atoms with Gasteiger partial charge in [0.25, 0.3) is 0 Å². The van der Waals surface area contributed by atoms with E-state index >= 15 is 0 Å². The number of fused-ring (bicyclic) bond motifs is 1. The van der Waals surface area contributed by atoms with Crippen LogP contribution in [0.4, 0.5) is 0 Å². The Balaban J connectivity index is 1.94. The molecule has 0 aromatic heterocycles. The first kappa shape index (κ1) is 12.0. The van der Waals surface area contributed by atoms with Gasteiger partial charge in [0.15, 0.2) is 0 Å². The Kier molecular flexibility index (Phi) is 3.06. The van der Waals surface area contributed by atoms with Crippen LogP contribution in [0, 0.1) is 0 Å². The highest BCUT2D eigenvalue weighted by Gasteiger charge is 2.41. The normalized spacial score (nSPS) is 31.1. The summed E-state index contributed by atoms with van der Waals surface area (Å²) in [5.74, 6) is 1.61. The van der Waals surface area contributed by atoms with Crippen molar-refractivity contribution in [2.45, 2.75) is 50.5 Å². The molecule has 0 bridgehead atoms. The molecule has 2 unspecified atom stereocenters. The Morgan fingerprint density at radius 2 is 2.17 bits per heavy atom. The second-order valence-electron chi connectivity index (χ2n) is 5.83. The minimum absolute atomic E-state index is 0.361. The number of hydrogen-bond acceptors (Lipinski definition) is 2. The predicted octanol–water partition coefficient (Wildman–Crippen LogP) is 3.26. The summed E-state index contributed by atoms with van der Waals surface area (Å²) < 4.78 is 5.34. The molecule has 98 valence electrons. The number of benzene rings is 1. The summed E-state index contributed by atoms with van der Waals surface area (Å²) in [5, 5.41) is 3.82. The van der Waals surface area contributed by atoms with E-state index in [2.05, 4.69) is 30.4 Å². The van der Waals surface area contributed by atoms with Gasteiger partial charge in [-0.3, -0.25) is 0 Å².